The van der Waals surface area contributed by atoms with Crippen molar-refractivity contribution in [3.8, 4) is 0 Å². The van der Waals surface area contributed by atoms with Crippen LogP contribution in [0.15, 0.2) is 0 Å². The Bertz CT molecular complexity index is 1910. The molecule has 0 aromatic rings. The SMILES string of the molecule is CCCCCCCCCCCCCCC(=O)OC[C@H](COP(=O)(O)OC[C@H](O)COP(=O)(O)OC[C@@H](COC(=O)CCCCCCCCCCCCCC(C)C)OC(=O)CCCCCCCCCCCCCCCCCCCCC(C)C)OC(=O)CCCCCCCCCCCCCC. The van der Waals surface area contributed by atoms with Gasteiger partial charge < -0.3 is 33.8 Å². The highest BCUT2D eigenvalue weighted by Crippen LogP contribution is 2.45. The van der Waals surface area contributed by atoms with Crippen LogP contribution in [0.3, 0.4) is 0 Å². The zero-order valence-corrected chi connectivity index (χ0v) is 66.6. The molecule has 5 atom stereocenters. The predicted octanol–water partition coefficient (Wildman–Crippen LogP) is 23.9. The normalized spacial score (nSPS) is 13.9. The monoisotopic (exact) mass is 1450 g/mol. The van der Waals surface area contributed by atoms with Gasteiger partial charge in [0.2, 0.25) is 0 Å². The zero-order valence-electron chi connectivity index (χ0n) is 64.8. The fourth-order valence-electron chi connectivity index (χ4n) is 12.4. The van der Waals surface area contributed by atoms with Gasteiger partial charge in [0.05, 0.1) is 26.4 Å². The van der Waals surface area contributed by atoms with E-state index >= 15 is 0 Å². The summed E-state index contributed by atoms with van der Waals surface area (Å²) < 4.78 is 68.7. The van der Waals surface area contributed by atoms with Crippen LogP contribution < -0.4 is 0 Å². The van der Waals surface area contributed by atoms with Crippen LogP contribution in [0.1, 0.15) is 420 Å². The average Bonchev–Trinajstić information content (AvgIpc) is 0.978. The average molecular weight is 1450 g/mol. The van der Waals surface area contributed by atoms with E-state index in [-0.39, 0.29) is 25.7 Å². The lowest BCUT2D eigenvalue weighted by Crippen LogP contribution is -2.30. The number of hydrogen-bond acceptors (Lipinski definition) is 15. The molecule has 0 aromatic carbocycles. The van der Waals surface area contributed by atoms with E-state index in [0.717, 1.165) is 102 Å². The third kappa shape index (κ3) is 74.1. The molecule has 99 heavy (non-hydrogen) atoms. The Morgan fingerprint density at radius 3 is 0.687 bits per heavy atom. The van der Waals surface area contributed by atoms with Crippen molar-refractivity contribution in [3.63, 3.8) is 0 Å². The minimum Gasteiger partial charge on any atom is -0.462 e. The summed E-state index contributed by atoms with van der Waals surface area (Å²) >= 11 is 0. The molecule has 0 fully saturated rings. The molecule has 0 aromatic heterocycles. The molecule has 0 spiro atoms. The topological polar surface area (TPSA) is 237 Å². The second-order valence-electron chi connectivity index (χ2n) is 29.8. The summed E-state index contributed by atoms with van der Waals surface area (Å²) in [7, 11) is -9.92. The van der Waals surface area contributed by atoms with Crippen LogP contribution in [0, 0.1) is 11.8 Å². The first-order chi connectivity index (χ1) is 47.9. The number of phosphoric acid groups is 2. The van der Waals surface area contributed by atoms with Crippen LogP contribution in [0.4, 0.5) is 0 Å². The van der Waals surface area contributed by atoms with Gasteiger partial charge in [-0.15, -0.1) is 0 Å². The van der Waals surface area contributed by atoms with Crippen molar-refractivity contribution >= 4 is 39.5 Å². The summed E-state index contributed by atoms with van der Waals surface area (Å²) in [6.07, 6.45) is 60.9. The Balaban J connectivity index is 5.22. The molecular formula is C80H156O17P2. The van der Waals surface area contributed by atoms with Crippen LogP contribution >= 0.6 is 15.6 Å². The lowest BCUT2D eigenvalue weighted by molar-refractivity contribution is -0.161. The molecule has 17 nitrogen and oxygen atoms in total. The number of hydrogen-bond donors (Lipinski definition) is 3. The number of aliphatic hydroxyl groups is 1. The van der Waals surface area contributed by atoms with Crippen LogP contribution in [0.25, 0.3) is 0 Å². The quantitative estimate of drug-likeness (QED) is 0.0222. The molecule has 0 aliphatic carbocycles. The first-order valence-electron chi connectivity index (χ1n) is 41.5. The van der Waals surface area contributed by atoms with Crippen molar-refractivity contribution < 1.29 is 80.2 Å². The third-order valence-corrected chi connectivity index (χ3v) is 20.6. The summed E-state index contributed by atoms with van der Waals surface area (Å²) in [6, 6.07) is 0. The lowest BCUT2D eigenvalue weighted by atomic mass is 10.0. The fourth-order valence-corrected chi connectivity index (χ4v) is 13.9. The maximum atomic E-state index is 13.1. The zero-order chi connectivity index (χ0) is 72.8. The smallest absolute Gasteiger partial charge is 0.462 e. The molecule has 3 N–H and O–H groups in total. The Hall–Kier alpha value is -1.94. The second-order valence-corrected chi connectivity index (χ2v) is 32.7. The highest BCUT2D eigenvalue weighted by atomic mass is 31.2. The lowest BCUT2D eigenvalue weighted by Gasteiger charge is -2.21. The van der Waals surface area contributed by atoms with Crippen LogP contribution in [0.5, 0.6) is 0 Å². The largest absolute Gasteiger partial charge is 0.472 e. The van der Waals surface area contributed by atoms with Crippen molar-refractivity contribution in [2.75, 3.05) is 39.6 Å². The number of unbranched alkanes of at least 4 members (excludes halogenated alkanes) is 49. The molecule has 0 aliphatic heterocycles. The Labute approximate surface area is 607 Å². The molecule has 0 radical (unpaired) electrons. The predicted molar refractivity (Wildman–Crippen MR) is 405 cm³/mol. The summed E-state index contributed by atoms with van der Waals surface area (Å²) in [5.74, 6) is -0.517. The second kappa shape index (κ2) is 71.7. The maximum Gasteiger partial charge on any atom is 0.472 e. The van der Waals surface area contributed by atoms with Crippen LogP contribution in [0.2, 0.25) is 0 Å². The Morgan fingerprint density at radius 1 is 0.273 bits per heavy atom. The number of carbonyl (C=O) groups is 4. The van der Waals surface area contributed by atoms with Gasteiger partial charge in [-0.05, 0) is 37.5 Å². The van der Waals surface area contributed by atoms with E-state index in [0.29, 0.717) is 25.7 Å². The highest BCUT2D eigenvalue weighted by molar-refractivity contribution is 7.47. The van der Waals surface area contributed by atoms with Crippen molar-refractivity contribution in [2.45, 2.75) is 439 Å². The van der Waals surface area contributed by atoms with E-state index in [4.69, 9.17) is 37.0 Å². The number of esters is 4. The first-order valence-corrected chi connectivity index (χ1v) is 44.5. The molecule has 588 valence electrons. The molecule has 0 aliphatic rings. The van der Waals surface area contributed by atoms with Gasteiger partial charge >= 0.3 is 39.5 Å². The molecule has 0 saturated carbocycles. The number of ether oxygens (including phenoxy) is 4. The van der Waals surface area contributed by atoms with E-state index in [1.165, 1.54) is 238 Å². The van der Waals surface area contributed by atoms with E-state index < -0.39 is 97.5 Å². The minimum atomic E-state index is -4.96. The van der Waals surface area contributed by atoms with E-state index in [1.807, 2.05) is 0 Å². The van der Waals surface area contributed by atoms with Gasteiger partial charge in [0, 0.05) is 25.7 Å². The fraction of sp³-hybridized carbons (Fsp3) is 0.950. The Kier molecular flexibility index (Phi) is 70.3. The van der Waals surface area contributed by atoms with Gasteiger partial charge in [0.1, 0.15) is 19.3 Å². The van der Waals surface area contributed by atoms with Crippen molar-refractivity contribution in [1.82, 2.24) is 0 Å². The van der Waals surface area contributed by atoms with Gasteiger partial charge in [0.15, 0.2) is 12.2 Å². The molecule has 0 heterocycles. The van der Waals surface area contributed by atoms with Gasteiger partial charge in [-0.1, -0.05) is 369 Å². The van der Waals surface area contributed by atoms with Gasteiger partial charge in [-0.25, -0.2) is 9.13 Å². The van der Waals surface area contributed by atoms with Gasteiger partial charge in [-0.3, -0.25) is 37.3 Å². The number of rotatable bonds is 79. The maximum absolute atomic E-state index is 13.1. The Morgan fingerprint density at radius 2 is 0.465 bits per heavy atom. The van der Waals surface area contributed by atoms with Crippen LogP contribution in [-0.2, 0) is 65.4 Å². The van der Waals surface area contributed by atoms with Crippen LogP contribution in [-0.4, -0.2) is 96.7 Å². The van der Waals surface area contributed by atoms with Gasteiger partial charge in [0.25, 0.3) is 0 Å². The van der Waals surface area contributed by atoms with Crippen molar-refractivity contribution in [2.24, 2.45) is 11.8 Å². The van der Waals surface area contributed by atoms with Crippen molar-refractivity contribution in [1.29, 1.82) is 0 Å². The summed E-state index contributed by atoms with van der Waals surface area (Å²) in [4.78, 5) is 73.0. The van der Waals surface area contributed by atoms with E-state index in [2.05, 4.69) is 41.5 Å². The first kappa shape index (κ1) is 97.1. The molecule has 19 heteroatoms. The molecule has 0 saturated heterocycles. The summed E-state index contributed by atoms with van der Waals surface area (Å²) in [5.41, 5.74) is 0. The number of phosphoric ester groups is 2. The molecule has 0 bridgehead atoms. The molecule has 2 unspecified atom stereocenters. The number of carbonyl (C=O) groups excluding carboxylic acids is 4. The molecule has 0 amide bonds. The van der Waals surface area contributed by atoms with E-state index in [9.17, 15) is 43.2 Å². The van der Waals surface area contributed by atoms with Crippen molar-refractivity contribution in [3.05, 3.63) is 0 Å². The highest BCUT2D eigenvalue weighted by Gasteiger charge is 2.30. The van der Waals surface area contributed by atoms with Gasteiger partial charge in [-0.2, -0.15) is 0 Å². The molecule has 0 rings (SSSR count). The standard InChI is InChI=1S/C80H156O17P2/c1-7-9-11-13-15-17-19-32-38-44-50-56-62-77(82)90-68-75(96-79(84)64-58-52-46-40-33-20-18-16-14-12-10-8-2)70-94-98(86,87)92-66-74(81)67-93-99(88,89)95-71-76(69-91-78(83)63-57-51-45-39-35-29-31-37-43-49-55-61-73(5)6)97-80(85)65-59-53-47-41-34-28-26-24-22-21-23-25-27-30-36-42-48-54-60-72(3)4/h72-76,81H,7-71H2,1-6H3,(H,86,87)(H,88,89)/t74-,75+,76+/m0/s1. The third-order valence-electron chi connectivity index (χ3n) is 18.7. The number of aliphatic hydroxyl groups excluding tert-OH is 1. The summed E-state index contributed by atoms with van der Waals surface area (Å²) in [5, 5.41) is 10.6. The minimum absolute atomic E-state index is 0.108. The van der Waals surface area contributed by atoms with E-state index in [1.54, 1.807) is 0 Å². The molecular weight excluding hydrogens is 1290 g/mol. The summed E-state index contributed by atoms with van der Waals surface area (Å²) in [6.45, 7) is 9.67.